The Labute approximate surface area is 131 Å². The number of nitrogens with zero attached hydrogens (tertiary/aromatic N) is 1. The lowest BCUT2D eigenvalue weighted by Gasteiger charge is -2.21. The third-order valence-corrected chi connectivity index (χ3v) is 4.61. The minimum atomic E-state index is 0.151. The van der Waals surface area contributed by atoms with Gasteiger partial charge in [-0.2, -0.15) is 0 Å². The molecule has 1 atom stereocenters. The fraction of sp³-hybridized carbons (Fsp3) is 0.571. The molecule has 108 valence electrons. The molecule has 1 N–H and O–H groups in total. The van der Waals surface area contributed by atoms with Crippen LogP contribution in [-0.2, 0) is 0 Å². The lowest BCUT2D eigenvalue weighted by atomic mass is 10.1. The van der Waals surface area contributed by atoms with Crippen molar-refractivity contribution < 1.29 is 0 Å². The quantitative estimate of drug-likeness (QED) is 0.735. The summed E-state index contributed by atoms with van der Waals surface area (Å²) in [4.78, 5) is 2.37. The second-order valence-corrected chi connectivity index (χ2v) is 5.63. The van der Waals surface area contributed by atoms with Gasteiger partial charge in [-0.15, -0.1) is 0 Å². The molecule has 1 aromatic carbocycles. The van der Waals surface area contributed by atoms with Gasteiger partial charge in [0, 0.05) is 19.1 Å². The third-order valence-electron chi connectivity index (χ3n) is 3.30. The monoisotopic (exact) mass is 322 g/mol. The maximum Gasteiger partial charge on any atom is 0.0781 e. The lowest BCUT2D eigenvalue weighted by molar-refractivity contribution is 0.298. The van der Waals surface area contributed by atoms with Gasteiger partial charge >= 0.3 is 0 Å². The van der Waals surface area contributed by atoms with Gasteiger partial charge in [0.1, 0.15) is 0 Å². The fourth-order valence-electron chi connectivity index (χ4n) is 1.96. The van der Waals surface area contributed by atoms with Crippen LogP contribution >= 0.6 is 34.8 Å². The lowest BCUT2D eigenvalue weighted by Crippen LogP contribution is -2.33. The number of hydrogen-bond donors (Lipinski definition) is 1. The molecule has 0 amide bonds. The van der Waals surface area contributed by atoms with E-state index < -0.39 is 0 Å². The van der Waals surface area contributed by atoms with Crippen molar-refractivity contribution in [3.63, 3.8) is 0 Å². The first-order valence-corrected chi connectivity index (χ1v) is 7.73. The van der Waals surface area contributed by atoms with E-state index in [0.29, 0.717) is 15.1 Å². The molecule has 1 rings (SSSR count). The summed E-state index contributed by atoms with van der Waals surface area (Å²) in [5, 5.41) is 4.92. The molecular formula is C14H21Cl3N2. The van der Waals surface area contributed by atoms with E-state index in [0.717, 1.165) is 31.7 Å². The van der Waals surface area contributed by atoms with Gasteiger partial charge in [-0.3, -0.25) is 0 Å². The Hall–Kier alpha value is 0.01000. The summed E-state index contributed by atoms with van der Waals surface area (Å²) in [7, 11) is 0. The van der Waals surface area contributed by atoms with E-state index in [4.69, 9.17) is 34.8 Å². The van der Waals surface area contributed by atoms with Crippen molar-refractivity contribution in [1.29, 1.82) is 0 Å². The predicted molar refractivity (Wildman–Crippen MR) is 85.7 cm³/mol. The Bertz CT molecular complexity index is 406. The molecule has 0 spiro atoms. The summed E-state index contributed by atoms with van der Waals surface area (Å²) < 4.78 is 0. The molecule has 0 heterocycles. The second-order valence-electron chi connectivity index (χ2n) is 4.47. The van der Waals surface area contributed by atoms with Crippen LogP contribution in [0.2, 0.25) is 15.1 Å². The molecular weight excluding hydrogens is 303 g/mol. The Balaban J connectivity index is 2.59. The first-order valence-electron chi connectivity index (χ1n) is 6.60. The maximum atomic E-state index is 6.22. The van der Waals surface area contributed by atoms with Crippen LogP contribution in [0.3, 0.4) is 0 Å². The molecule has 0 saturated carbocycles. The van der Waals surface area contributed by atoms with E-state index in [1.807, 2.05) is 6.07 Å². The Morgan fingerprint density at radius 2 is 1.74 bits per heavy atom. The topological polar surface area (TPSA) is 15.3 Å². The number of nitrogens with one attached hydrogen (secondary N) is 1. The predicted octanol–water partition coefficient (Wildman–Crippen LogP) is 4.64. The first-order chi connectivity index (χ1) is 9.01. The summed E-state index contributed by atoms with van der Waals surface area (Å²) in [6.45, 7) is 10.5. The van der Waals surface area contributed by atoms with Crippen LogP contribution in [0.15, 0.2) is 12.1 Å². The Morgan fingerprint density at radius 1 is 1.11 bits per heavy atom. The molecule has 0 fully saturated rings. The highest BCUT2D eigenvalue weighted by Gasteiger charge is 2.14. The third kappa shape index (κ3) is 4.80. The minimum Gasteiger partial charge on any atom is -0.309 e. The normalized spacial score (nSPS) is 13.0. The van der Waals surface area contributed by atoms with Crippen molar-refractivity contribution in [3.8, 4) is 0 Å². The van der Waals surface area contributed by atoms with Gasteiger partial charge < -0.3 is 10.2 Å². The highest BCUT2D eigenvalue weighted by Crippen LogP contribution is 2.35. The number of benzene rings is 1. The molecule has 5 heteroatoms. The van der Waals surface area contributed by atoms with Crippen LogP contribution in [-0.4, -0.2) is 31.1 Å². The van der Waals surface area contributed by atoms with E-state index in [9.17, 15) is 0 Å². The highest BCUT2D eigenvalue weighted by molar-refractivity contribution is 6.48. The van der Waals surface area contributed by atoms with Gasteiger partial charge in [0.2, 0.25) is 0 Å². The number of rotatable bonds is 7. The zero-order chi connectivity index (χ0) is 14.4. The average molecular weight is 324 g/mol. The van der Waals surface area contributed by atoms with Crippen LogP contribution in [0.1, 0.15) is 32.4 Å². The van der Waals surface area contributed by atoms with Crippen molar-refractivity contribution in [2.75, 3.05) is 26.2 Å². The van der Waals surface area contributed by atoms with Crippen LogP contribution in [0.5, 0.6) is 0 Å². The molecule has 19 heavy (non-hydrogen) atoms. The largest absolute Gasteiger partial charge is 0.309 e. The highest BCUT2D eigenvalue weighted by atomic mass is 35.5. The van der Waals surface area contributed by atoms with Crippen LogP contribution in [0.4, 0.5) is 0 Å². The Morgan fingerprint density at radius 3 is 2.32 bits per heavy atom. The molecule has 2 nitrogen and oxygen atoms in total. The summed E-state index contributed by atoms with van der Waals surface area (Å²) >= 11 is 18.2. The van der Waals surface area contributed by atoms with Gasteiger partial charge in [0.05, 0.1) is 15.1 Å². The van der Waals surface area contributed by atoms with Crippen molar-refractivity contribution in [1.82, 2.24) is 10.2 Å². The molecule has 0 aliphatic heterocycles. The van der Waals surface area contributed by atoms with E-state index in [-0.39, 0.29) is 6.04 Å². The molecule has 0 radical (unpaired) electrons. The van der Waals surface area contributed by atoms with Crippen molar-refractivity contribution in [2.24, 2.45) is 0 Å². The summed E-state index contributed by atoms with van der Waals surface area (Å²) in [6.07, 6.45) is 0. The molecule has 0 saturated heterocycles. The van der Waals surface area contributed by atoms with E-state index in [2.05, 4.69) is 31.0 Å². The van der Waals surface area contributed by atoms with Crippen molar-refractivity contribution in [2.45, 2.75) is 26.8 Å². The molecule has 1 unspecified atom stereocenters. The van der Waals surface area contributed by atoms with Crippen LogP contribution in [0.25, 0.3) is 0 Å². The number of hydrogen-bond acceptors (Lipinski definition) is 2. The van der Waals surface area contributed by atoms with Crippen LogP contribution in [0, 0.1) is 0 Å². The zero-order valence-corrected chi connectivity index (χ0v) is 13.9. The van der Waals surface area contributed by atoms with Gasteiger partial charge in [0.15, 0.2) is 0 Å². The van der Waals surface area contributed by atoms with Gasteiger partial charge in [0.25, 0.3) is 0 Å². The standard InChI is InChI=1S/C14H21Cl3N2/c1-4-19(5-2)9-8-18-10(3)11-6-7-12(15)14(17)13(11)16/h6-7,10,18H,4-5,8-9H2,1-3H3. The van der Waals surface area contributed by atoms with E-state index in [1.54, 1.807) is 6.07 Å². The van der Waals surface area contributed by atoms with Gasteiger partial charge in [-0.1, -0.05) is 54.7 Å². The van der Waals surface area contributed by atoms with E-state index in [1.165, 1.54) is 0 Å². The maximum absolute atomic E-state index is 6.22. The van der Waals surface area contributed by atoms with Gasteiger partial charge in [-0.25, -0.2) is 0 Å². The zero-order valence-electron chi connectivity index (χ0n) is 11.6. The average Bonchev–Trinajstić information content (AvgIpc) is 2.41. The minimum absolute atomic E-state index is 0.151. The Kier molecular flexibility index (Phi) is 7.48. The van der Waals surface area contributed by atoms with Crippen molar-refractivity contribution >= 4 is 34.8 Å². The number of halogens is 3. The van der Waals surface area contributed by atoms with Crippen molar-refractivity contribution in [3.05, 3.63) is 32.8 Å². The molecule has 0 bridgehead atoms. The SMILES string of the molecule is CCN(CC)CCNC(C)c1ccc(Cl)c(Cl)c1Cl. The van der Waals surface area contributed by atoms with Crippen LogP contribution < -0.4 is 5.32 Å². The molecule has 0 aliphatic carbocycles. The fourth-order valence-corrected chi connectivity index (χ4v) is 2.67. The number of likely N-dealkylation sites (N-methyl/N-ethyl adjacent to an activating group) is 1. The summed E-state index contributed by atoms with van der Waals surface area (Å²) in [5.74, 6) is 0. The first kappa shape index (κ1) is 17.1. The summed E-state index contributed by atoms with van der Waals surface area (Å²) in [6, 6.07) is 3.86. The van der Waals surface area contributed by atoms with Gasteiger partial charge in [-0.05, 0) is 31.6 Å². The smallest absolute Gasteiger partial charge is 0.0781 e. The molecule has 0 aromatic heterocycles. The molecule has 0 aliphatic rings. The second kappa shape index (κ2) is 8.33. The van der Waals surface area contributed by atoms with E-state index >= 15 is 0 Å². The molecule has 1 aromatic rings. The summed E-state index contributed by atoms with van der Waals surface area (Å²) in [5.41, 5.74) is 0.982.